The van der Waals surface area contributed by atoms with E-state index in [1.165, 1.54) is 15.6 Å². The number of fused-ring (bicyclic) bond motifs is 12. The summed E-state index contributed by atoms with van der Waals surface area (Å²) in [5, 5.41) is 10.1. The normalized spacial score (nSPS) is 13.1. The van der Waals surface area contributed by atoms with Crippen molar-refractivity contribution < 1.29 is 30.2 Å². The Bertz CT molecular complexity index is 3310. The van der Waals surface area contributed by atoms with Crippen LogP contribution in [0.2, 0.25) is 0 Å². The smallest absolute Gasteiger partial charge is 0.503 e. The predicted octanol–water partition coefficient (Wildman–Crippen LogP) is 9.49. The number of aromatic nitrogens is 3. The molecule has 12 rings (SSSR count). The molecule has 11 aromatic rings. The number of ether oxygens (including phenoxy) is 1. The first-order valence-electron chi connectivity index (χ1n) is 19.0. The van der Waals surface area contributed by atoms with Gasteiger partial charge in [0.25, 0.3) is 0 Å². The van der Waals surface area contributed by atoms with Crippen molar-refractivity contribution in [2.75, 3.05) is 4.90 Å². The molecule has 276 valence electrons. The van der Waals surface area contributed by atoms with Crippen LogP contribution in [0.15, 0.2) is 187 Å². The Labute approximate surface area is 348 Å². The molecule has 1 aliphatic heterocycles. The molecule has 0 unspecified atom stereocenters. The zero-order chi connectivity index (χ0) is 37.5. The van der Waals surface area contributed by atoms with Crippen LogP contribution >= 0.6 is 0 Å². The molecule has 0 bridgehead atoms. The predicted molar refractivity (Wildman–Crippen MR) is 231 cm³/mol. The number of para-hydroxylation sites is 2. The Morgan fingerprint density at radius 3 is 2.05 bits per heavy atom. The standard InChI is InChI=1S/C50H30N4O2Si.Pt/c1-3-13-35(14-4-1)57(36-15-5-2-6-16-36)46-27-23-34(55-33-22-24-37-38-17-7-9-19-42(38)53-30-29-52-50(53)41(37)31-33)32-44(46)54(47-21-11-12-28-51-47)43-26-25-40-39-18-8-10-20-45(39)56-48(40)49(43)57;/h1-30H;/q-2;+2. The van der Waals surface area contributed by atoms with Crippen LogP contribution in [-0.2, 0) is 21.1 Å². The van der Waals surface area contributed by atoms with E-state index < -0.39 is 8.07 Å². The zero-order valence-corrected chi connectivity index (χ0v) is 34.0. The van der Waals surface area contributed by atoms with Crippen molar-refractivity contribution in [1.29, 1.82) is 0 Å². The van der Waals surface area contributed by atoms with E-state index in [0.29, 0.717) is 11.5 Å². The molecule has 0 atom stereocenters. The molecule has 1 aliphatic rings. The maximum atomic E-state index is 6.98. The molecule has 0 amide bonds. The van der Waals surface area contributed by atoms with Gasteiger partial charge in [0, 0.05) is 57.3 Å². The summed E-state index contributed by atoms with van der Waals surface area (Å²) < 4.78 is 15.8. The number of hydrogen-bond acceptors (Lipinski definition) is 5. The van der Waals surface area contributed by atoms with Crippen LogP contribution in [0.25, 0.3) is 49.3 Å². The summed E-state index contributed by atoms with van der Waals surface area (Å²) in [7, 11) is -3.15. The average Bonchev–Trinajstić information content (AvgIpc) is 3.93. The van der Waals surface area contributed by atoms with E-state index in [0.717, 1.165) is 71.6 Å². The van der Waals surface area contributed by atoms with E-state index >= 15 is 0 Å². The van der Waals surface area contributed by atoms with Crippen molar-refractivity contribution in [2.45, 2.75) is 0 Å². The van der Waals surface area contributed by atoms with Gasteiger partial charge in [0.05, 0.1) is 5.65 Å². The quantitative estimate of drug-likeness (QED) is 0.0979. The van der Waals surface area contributed by atoms with Gasteiger partial charge in [-0.15, -0.1) is 29.5 Å². The van der Waals surface area contributed by atoms with Gasteiger partial charge in [-0.05, 0) is 41.8 Å². The first kappa shape index (κ1) is 34.5. The summed E-state index contributed by atoms with van der Waals surface area (Å²) in [6, 6.07) is 64.8. The van der Waals surface area contributed by atoms with Gasteiger partial charge in [0.2, 0.25) is 0 Å². The molecule has 0 radical (unpaired) electrons. The van der Waals surface area contributed by atoms with Crippen molar-refractivity contribution in [3.63, 3.8) is 0 Å². The van der Waals surface area contributed by atoms with Crippen LogP contribution < -0.4 is 30.4 Å². The van der Waals surface area contributed by atoms with Gasteiger partial charge in [0.15, 0.2) is 0 Å². The second kappa shape index (κ2) is 13.4. The molecule has 0 saturated carbocycles. The number of anilines is 3. The Kier molecular flexibility index (Phi) is 7.97. The number of benzene rings is 7. The molecule has 4 aromatic heterocycles. The van der Waals surface area contributed by atoms with E-state index in [9.17, 15) is 0 Å². The number of rotatable bonds is 5. The topological polar surface area (TPSA) is 55.8 Å². The van der Waals surface area contributed by atoms with Crippen molar-refractivity contribution >= 4 is 95.3 Å². The van der Waals surface area contributed by atoms with Crippen LogP contribution in [0.3, 0.4) is 0 Å². The molecule has 0 saturated heterocycles. The summed E-state index contributed by atoms with van der Waals surface area (Å²) >= 11 is 0. The van der Waals surface area contributed by atoms with Gasteiger partial charge < -0.3 is 18.5 Å². The summed E-state index contributed by atoms with van der Waals surface area (Å²) in [5.41, 5.74) is 5.58. The van der Waals surface area contributed by atoms with E-state index in [1.54, 1.807) is 0 Å². The van der Waals surface area contributed by atoms with Crippen LogP contribution in [0, 0.1) is 12.1 Å². The van der Waals surface area contributed by atoms with Crippen molar-refractivity contribution in [3.8, 4) is 11.5 Å². The Morgan fingerprint density at radius 1 is 0.569 bits per heavy atom. The fourth-order valence-corrected chi connectivity index (χ4v) is 14.3. The van der Waals surface area contributed by atoms with Gasteiger partial charge in [-0.1, -0.05) is 136 Å². The molecule has 0 aliphatic carbocycles. The van der Waals surface area contributed by atoms with Crippen molar-refractivity contribution in [3.05, 3.63) is 195 Å². The number of nitrogens with zero attached hydrogens (tertiary/aromatic N) is 4. The third kappa shape index (κ3) is 4.94. The molecule has 0 spiro atoms. The molecule has 58 heavy (non-hydrogen) atoms. The minimum absolute atomic E-state index is 0. The summed E-state index contributed by atoms with van der Waals surface area (Å²) in [4.78, 5) is 11.9. The number of imidazole rings is 1. The Hall–Kier alpha value is -6.79. The molecule has 7 aromatic carbocycles. The Morgan fingerprint density at radius 2 is 1.26 bits per heavy atom. The summed E-state index contributed by atoms with van der Waals surface area (Å²) in [6.07, 6.45) is 5.67. The third-order valence-electron chi connectivity index (χ3n) is 11.4. The van der Waals surface area contributed by atoms with E-state index in [4.69, 9.17) is 19.1 Å². The SMILES string of the molecule is [Pt+2].[c-]1c(Oc2[c-]c3c(cc2)c2ccccc2n2ccnc32)ccc2c1N(c1ccccn1)c1ccc3c(oc4ccccc43)c1[Si]2(c1ccccc1)c1ccccc1. The van der Waals surface area contributed by atoms with Gasteiger partial charge in [-0.2, -0.15) is 6.07 Å². The van der Waals surface area contributed by atoms with Gasteiger partial charge in [-0.3, -0.25) is 4.98 Å². The molecular formula is C50H30N4O2PtSi. The van der Waals surface area contributed by atoms with Crippen LogP contribution in [0.5, 0.6) is 11.5 Å². The van der Waals surface area contributed by atoms with Crippen LogP contribution in [0.4, 0.5) is 17.2 Å². The maximum Gasteiger partial charge on any atom is 2.00 e. The number of hydrogen-bond donors (Lipinski definition) is 0. The Balaban J connectivity index is 0.00000385. The third-order valence-corrected chi connectivity index (χ3v) is 16.3. The van der Waals surface area contributed by atoms with E-state index in [-0.39, 0.29) is 21.1 Å². The molecule has 0 fully saturated rings. The van der Waals surface area contributed by atoms with Gasteiger partial charge >= 0.3 is 21.1 Å². The largest absolute Gasteiger partial charge is 2.00 e. The number of furan rings is 1. The van der Waals surface area contributed by atoms with E-state index in [1.807, 2.05) is 42.9 Å². The van der Waals surface area contributed by atoms with Crippen molar-refractivity contribution in [1.82, 2.24) is 14.4 Å². The molecule has 0 N–H and O–H groups in total. The fourth-order valence-electron chi connectivity index (χ4n) is 9.10. The summed E-state index contributed by atoms with van der Waals surface area (Å²) in [5.74, 6) is 1.93. The first-order chi connectivity index (χ1) is 28.3. The minimum atomic E-state index is -3.15. The average molecular weight is 942 g/mol. The molecule has 5 heterocycles. The molecule has 6 nitrogen and oxygen atoms in total. The maximum absolute atomic E-state index is 6.98. The molecular weight excluding hydrogens is 912 g/mol. The van der Waals surface area contributed by atoms with Crippen LogP contribution in [-0.4, -0.2) is 22.4 Å². The summed E-state index contributed by atoms with van der Waals surface area (Å²) in [6.45, 7) is 0. The number of pyridine rings is 2. The molecule has 8 heteroatoms. The van der Waals surface area contributed by atoms with Gasteiger partial charge in [0.1, 0.15) is 25.1 Å². The van der Waals surface area contributed by atoms with E-state index in [2.05, 4.69) is 161 Å². The van der Waals surface area contributed by atoms with Crippen molar-refractivity contribution in [2.24, 2.45) is 0 Å². The monoisotopic (exact) mass is 941 g/mol. The second-order valence-electron chi connectivity index (χ2n) is 14.4. The fraction of sp³-hybridized carbons (Fsp3) is 0. The minimum Gasteiger partial charge on any atom is -0.503 e. The second-order valence-corrected chi connectivity index (χ2v) is 18.1. The zero-order valence-electron chi connectivity index (χ0n) is 30.7. The van der Waals surface area contributed by atoms with Crippen LogP contribution in [0.1, 0.15) is 0 Å². The van der Waals surface area contributed by atoms with Gasteiger partial charge in [-0.25, -0.2) is 4.98 Å². The first-order valence-corrected chi connectivity index (χ1v) is 21.0.